The van der Waals surface area contributed by atoms with Crippen molar-refractivity contribution in [2.75, 3.05) is 54.1 Å². The lowest BCUT2D eigenvalue weighted by molar-refractivity contribution is -0.0505. The van der Waals surface area contributed by atoms with Gasteiger partial charge in [0.1, 0.15) is 11.5 Å². The number of guanidine groups is 1. The Morgan fingerprint density at radius 2 is 1.97 bits per heavy atom. The van der Waals surface area contributed by atoms with E-state index in [4.69, 9.17) is 9.47 Å². The predicted octanol–water partition coefficient (Wildman–Crippen LogP) is 2.94. The molecule has 2 N–H and O–H groups in total. The van der Waals surface area contributed by atoms with E-state index in [1.54, 1.807) is 26.3 Å². The highest BCUT2D eigenvalue weighted by Crippen LogP contribution is 2.26. The Bertz CT molecular complexity index is 595. The van der Waals surface area contributed by atoms with Crippen LogP contribution in [0.3, 0.4) is 0 Å². The third-order valence-electron chi connectivity index (χ3n) is 3.86. The Labute approximate surface area is 189 Å². The Hall–Kier alpha value is -1.40. The van der Waals surface area contributed by atoms with Crippen LogP contribution >= 0.6 is 24.0 Å². The van der Waals surface area contributed by atoms with Crippen LogP contribution in [-0.2, 0) is 11.3 Å². The highest BCUT2D eigenvalue weighted by Gasteiger charge is 2.12. The number of aliphatic imine (C=N–C) groups is 1. The summed E-state index contributed by atoms with van der Waals surface area (Å²) in [5.74, 6) is 1.17. The molecular weight excluding hydrogens is 497 g/mol. The molecule has 0 fully saturated rings. The first-order valence-corrected chi connectivity index (χ1v) is 9.32. The number of likely N-dealkylation sites (N-methyl/N-ethyl adjacent to an activating group) is 1. The van der Waals surface area contributed by atoms with Gasteiger partial charge in [-0.05, 0) is 25.6 Å². The van der Waals surface area contributed by atoms with E-state index in [9.17, 15) is 8.78 Å². The summed E-state index contributed by atoms with van der Waals surface area (Å²) in [5, 5.41) is 6.30. The molecule has 0 spiro atoms. The summed E-state index contributed by atoms with van der Waals surface area (Å²) in [5.41, 5.74) is 0.587. The number of benzene rings is 1. The van der Waals surface area contributed by atoms with Crippen molar-refractivity contribution in [2.24, 2.45) is 4.99 Å². The summed E-state index contributed by atoms with van der Waals surface area (Å²) in [4.78, 5) is 6.28. The second-order valence-electron chi connectivity index (χ2n) is 6.15. The molecule has 0 unspecified atom stereocenters. The summed E-state index contributed by atoms with van der Waals surface area (Å²) in [6, 6.07) is 4.94. The smallest absolute Gasteiger partial charge is 0.387 e. The van der Waals surface area contributed by atoms with E-state index in [2.05, 4.69) is 25.3 Å². The van der Waals surface area contributed by atoms with Crippen molar-refractivity contribution >= 4 is 29.9 Å². The van der Waals surface area contributed by atoms with Crippen molar-refractivity contribution in [1.82, 2.24) is 15.5 Å². The van der Waals surface area contributed by atoms with Crippen LogP contribution in [0, 0.1) is 0 Å². The number of methoxy groups -OCH3 is 1. The van der Waals surface area contributed by atoms with Crippen LogP contribution in [0.25, 0.3) is 0 Å². The van der Waals surface area contributed by atoms with Crippen molar-refractivity contribution in [2.45, 2.75) is 26.5 Å². The molecule has 0 saturated heterocycles. The van der Waals surface area contributed by atoms with Gasteiger partial charge >= 0.3 is 6.61 Å². The summed E-state index contributed by atoms with van der Waals surface area (Å²) < 4.78 is 40.7. The van der Waals surface area contributed by atoms with Gasteiger partial charge in [0.25, 0.3) is 0 Å². The van der Waals surface area contributed by atoms with Gasteiger partial charge in [-0.2, -0.15) is 8.78 Å². The second-order valence-corrected chi connectivity index (χ2v) is 6.15. The maximum Gasteiger partial charge on any atom is 0.387 e. The van der Waals surface area contributed by atoms with E-state index in [-0.39, 0.29) is 36.3 Å². The summed E-state index contributed by atoms with van der Waals surface area (Å²) in [7, 11) is 5.33. The lowest BCUT2D eigenvalue weighted by atomic mass is 10.2. The molecule has 1 aromatic rings. The minimum absolute atomic E-state index is 0. The Morgan fingerprint density at radius 1 is 1.21 bits per heavy atom. The van der Waals surface area contributed by atoms with Gasteiger partial charge in [0.2, 0.25) is 0 Å². The molecule has 7 nitrogen and oxygen atoms in total. The van der Waals surface area contributed by atoms with Crippen LogP contribution in [0.4, 0.5) is 8.78 Å². The molecule has 0 heterocycles. The van der Waals surface area contributed by atoms with Gasteiger partial charge in [0, 0.05) is 52.0 Å². The number of halogens is 3. The first-order chi connectivity index (χ1) is 13.5. The number of nitrogens with zero attached hydrogens (tertiary/aromatic N) is 2. The van der Waals surface area contributed by atoms with Crippen molar-refractivity contribution in [3.8, 4) is 11.5 Å². The fraction of sp³-hybridized carbons (Fsp3) is 0.632. The highest BCUT2D eigenvalue weighted by atomic mass is 127. The molecule has 1 rings (SSSR count). The minimum atomic E-state index is -2.90. The average Bonchev–Trinajstić information content (AvgIpc) is 2.67. The Kier molecular flexibility index (Phi) is 15.6. The maximum absolute atomic E-state index is 12.7. The summed E-state index contributed by atoms with van der Waals surface area (Å²) in [6.45, 7) is 2.89. The van der Waals surface area contributed by atoms with E-state index >= 15 is 0 Å². The molecular formula is C19H33F2IN4O3. The Morgan fingerprint density at radius 3 is 2.59 bits per heavy atom. The number of ether oxygens (including phenoxy) is 3. The van der Waals surface area contributed by atoms with Crippen LogP contribution < -0.4 is 20.1 Å². The predicted molar refractivity (Wildman–Crippen MR) is 122 cm³/mol. The van der Waals surface area contributed by atoms with Gasteiger partial charge < -0.3 is 29.7 Å². The van der Waals surface area contributed by atoms with Gasteiger partial charge in [-0.1, -0.05) is 6.92 Å². The molecule has 0 atom stereocenters. The van der Waals surface area contributed by atoms with E-state index in [0.717, 1.165) is 19.5 Å². The summed E-state index contributed by atoms with van der Waals surface area (Å²) >= 11 is 0. The molecule has 0 amide bonds. The number of hydrogen-bond donors (Lipinski definition) is 2. The van der Waals surface area contributed by atoms with Gasteiger partial charge in [-0.25, -0.2) is 0 Å². The van der Waals surface area contributed by atoms with Crippen molar-refractivity contribution < 1.29 is 23.0 Å². The molecule has 0 aliphatic carbocycles. The molecule has 1 aromatic carbocycles. The van der Waals surface area contributed by atoms with Gasteiger partial charge in [-0.3, -0.25) is 4.99 Å². The SMILES string of the molecule is CCCOc1ccc(CNC(=NC)NCCN(C)CCOC)c(OC(F)F)c1.I. The molecule has 0 aromatic heterocycles. The first-order valence-electron chi connectivity index (χ1n) is 9.32. The normalized spacial score (nSPS) is 11.4. The molecule has 0 aliphatic heterocycles. The minimum Gasteiger partial charge on any atom is -0.493 e. The molecule has 10 heteroatoms. The van der Waals surface area contributed by atoms with Crippen LogP contribution in [0.1, 0.15) is 18.9 Å². The fourth-order valence-electron chi connectivity index (χ4n) is 2.32. The first kappa shape index (κ1) is 27.6. The van der Waals surface area contributed by atoms with Crippen LogP contribution in [0.15, 0.2) is 23.2 Å². The fourth-order valence-corrected chi connectivity index (χ4v) is 2.32. The second kappa shape index (κ2) is 16.4. The number of rotatable bonds is 13. The third-order valence-corrected chi connectivity index (χ3v) is 3.86. The van der Waals surface area contributed by atoms with Gasteiger partial charge in [0.05, 0.1) is 13.2 Å². The molecule has 0 radical (unpaired) electrons. The van der Waals surface area contributed by atoms with E-state index in [1.165, 1.54) is 6.07 Å². The van der Waals surface area contributed by atoms with Crippen LogP contribution in [0.5, 0.6) is 11.5 Å². The number of nitrogens with one attached hydrogen (secondary N) is 2. The van der Waals surface area contributed by atoms with Crippen molar-refractivity contribution in [1.29, 1.82) is 0 Å². The third kappa shape index (κ3) is 12.0. The van der Waals surface area contributed by atoms with Crippen molar-refractivity contribution in [3.63, 3.8) is 0 Å². The molecule has 0 aliphatic rings. The van der Waals surface area contributed by atoms with E-state index < -0.39 is 6.61 Å². The lowest BCUT2D eigenvalue weighted by Crippen LogP contribution is -2.41. The zero-order valence-corrected chi connectivity index (χ0v) is 19.9. The average molecular weight is 530 g/mol. The topological polar surface area (TPSA) is 67.4 Å². The zero-order chi connectivity index (χ0) is 20.8. The largest absolute Gasteiger partial charge is 0.493 e. The zero-order valence-electron chi connectivity index (χ0n) is 17.5. The van der Waals surface area contributed by atoms with Gasteiger partial charge in [0.15, 0.2) is 5.96 Å². The molecule has 0 bridgehead atoms. The standard InChI is InChI=1S/C19H32F2N4O3.HI/c1-5-11-27-16-7-6-15(17(13-16)28-18(20)21)14-24-19(22-2)23-8-9-25(3)10-12-26-4;/h6-7,13,18H,5,8-12,14H2,1-4H3,(H2,22,23,24);1H. The molecule has 29 heavy (non-hydrogen) atoms. The summed E-state index contributed by atoms with van der Waals surface area (Å²) in [6.07, 6.45) is 0.830. The number of hydrogen-bond acceptors (Lipinski definition) is 5. The monoisotopic (exact) mass is 530 g/mol. The van der Waals surface area contributed by atoms with E-state index in [1.807, 2.05) is 14.0 Å². The van der Waals surface area contributed by atoms with Gasteiger partial charge in [-0.15, -0.1) is 24.0 Å². The van der Waals surface area contributed by atoms with Crippen LogP contribution in [-0.4, -0.2) is 71.5 Å². The Balaban J connectivity index is 0.00000784. The lowest BCUT2D eigenvalue weighted by Gasteiger charge is -2.18. The maximum atomic E-state index is 12.7. The van der Waals surface area contributed by atoms with Crippen LogP contribution in [0.2, 0.25) is 0 Å². The van der Waals surface area contributed by atoms with Crippen molar-refractivity contribution in [3.05, 3.63) is 23.8 Å². The quantitative estimate of drug-likeness (QED) is 0.232. The van der Waals surface area contributed by atoms with E-state index in [0.29, 0.717) is 37.0 Å². The number of alkyl halides is 2. The molecule has 168 valence electrons. The highest BCUT2D eigenvalue weighted by molar-refractivity contribution is 14.0. The molecule has 0 saturated carbocycles.